The number of rotatable bonds is 1. The second kappa shape index (κ2) is 3.53. The highest BCUT2D eigenvalue weighted by Gasteiger charge is 2.29. The van der Waals surface area contributed by atoms with Crippen LogP contribution >= 0.6 is 0 Å². The Kier molecular flexibility index (Phi) is 2.65. The number of likely N-dealkylation sites (tertiary alicyclic amines) is 1. The predicted octanol–water partition coefficient (Wildman–Crippen LogP) is -1.01. The molecule has 0 radical (unpaired) electrons. The van der Waals surface area contributed by atoms with Crippen LogP contribution < -0.4 is 11.3 Å². The zero-order chi connectivity index (χ0) is 9.14. The van der Waals surface area contributed by atoms with Crippen LogP contribution in [0.1, 0.15) is 19.3 Å². The van der Waals surface area contributed by atoms with Gasteiger partial charge in [0.15, 0.2) is 0 Å². The summed E-state index contributed by atoms with van der Waals surface area (Å²) < 4.78 is 0. The van der Waals surface area contributed by atoms with Crippen molar-refractivity contribution in [1.29, 1.82) is 0 Å². The molecule has 0 aromatic heterocycles. The van der Waals surface area contributed by atoms with Gasteiger partial charge in [-0.05, 0) is 12.8 Å². The molecule has 1 saturated heterocycles. The van der Waals surface area contributed by atoms with Crippen molar-refractivity contribution >= 4 is 11.8 Å². The molecule has 0 bridgehead atoms. The Hall–Kier alpha value is -1.10. The van der Waals surface area contributed by atoms with E-state index in [1.54, 1.807) is 7.05 Å². The molecule has 5 nitrogen and oxygen atoms in total. The van der Waals surface area contributed by atoms with Crippen molar-refractivity contribution in [2.75, 3.05) is 7.05 Å². The third-order valence-corrected chi connectivity index (χ3v) is 2.17. The van der Waals surface area contributed by atoms with E-state index in [9.17, 15) is 9.59 Å². The van der Waals surface area contributed by atoms with Gasteiger partial charge in [0.05, 0.1) is 0 Å². The molecule has 2 amide bonds. The third-order valence-electron chi connectivity index (χ3n) is 2.17. The third kappa shape index (κ3) is 1.55. The number of likely N-dealkylation sites (N-methyl/N-ethyl adjacent to an activating group) is 1. The smallest absolute Gasteiger partial charge is 0.256 e. The molecule has 0 saturated carbocycles. The zero-order valence-corrected chi connectivity index (χ0v) is 7.04. The Balaban J connectivity index is 2.63. The minimum atomic E-state index is -0.378. The molecule has 1 heterocycles. The van der Waals surface area contributed by atoms with Crippen molar-refractivity contribution in [3.05, 3.63) is 0 Å². The van der Waals surface area contributed by atoms with Gasteiger partial charge in [-0.25, -0.2) is 5.84 Å². The van der Waals surface area contributed by atoms with Crippen LogP contribution in [0, 0.1) is 0 Å². The van der Waals surface area contributed by atoms with E-state index in [4.69, 9.17) is 5.84 Å². The maximum atomic E-state index is 11.1. The molecule has 1 fully saturated rings. The van der Waals surface area contributed by atoms with E-state index in [2.05, 4.69) is 5.43 Å². The molecule has 3 N–H and O–H groups in total. The van der Waals surface area contributed by atoms with Crippen LogP contribution in [0.15, 0.2) is 0 Å². The normalized spacial score (nSPS) is 24.0. The van der Waals surface area contributed by atoms with E-state index in [-0.39, 0.29) is 17.9 Å². The summed E-state index contributed by atoms with van der Waals surface area (Å²) in [5.74, 6) is 4.70. The number of nitrogens with two attached hydrogens (primary N) is 1. The van der Waals surface area contributed by atoms with Gasteiger partial charge in [0.25, 0.3) is 5.91 Å². The Labute approximate surface area is 70.9 Å². The van der Waals surface area contributed by atoms with E-state index in [1.807, 2.05) is 0 Å². The molecule has 68 valence electrons. The quantitative estimate of drug-likeness (QED) is 0.301. The molecule has 12 heavy (non-hydrogen) atoms. The summed E-state index contributed by atoms with van der Waals surface area (Å²) >= 11 is 0. The van der Waals surface area contributed by atoms with Gasteiger partial charge in [0, 0.05) is 13.5 Å². The van der Waals surface area contributed by atoms with Crippen molar-refractivity contribution in [2.45, 2.75) is 25.3 Å². The number of nitrogens with zero attached hydrogens (tertiary/aromatic N) is 1. The summed E-state index contributed by atoms with van der Waals surface area (Å²) in [6.45, 7) is 0. The van der Waals surface area contributed by atoms with Gasteiger partial charge in [0.2, 0.25) is 5.91 Å². The lowest BCUT2D eigenvalue weighted by molar-refractivity contribution is -0.141. The first-order valence-corrected chi connectivity index (χ1v) is 3.93. The van der Waals surface area contributed by atoms with Gasteiger partial charge < -0.3 is 4.90 Å². The molecule has 1 aliphatic rings. The fourth-order valence-corrected chi connectivity index (χ4v) is 1.39. The first kappa shape index (κ1) is 8.99. The SMILES string of the molecule is CN1C(=O)CCCC1C(=O)NN. The molecule has 1 unspecified atom stereocenters. The maximum absolute atomic E-state index is 11.1. The van der Waals surface area contributed by atoms with Gasteiger partial charge >= 0.3 is 0 Å². The van der Waals surface area contributed by atoms with E-state index in [0.29, 0.717) is 12.8 Å². The van der Waals surface area contributed by atoms with Crippen LogP contribution in [0.4, 0.5) is 0 Å². The van der Waals surface area contributed by atoms with Gasteiger partial charge in [-0.1, -0.05) is 0 Å². The lowest BCUT2D eigenvalue weighted by Crippen LogP contribution is -2.51. The molecule has 0 aliphatic carbocycles. The molecule has 1 atom stereocenters. The van der Waals surface area contributed by atoms with Crippen molar-refractivity contribution in [2.24, 2.45) is 5.84 Å². The number of amides is 2. The van der Waals surface area contributed by atoms with Gasteiger partial charge in [0.1, 0.15) is 6.04 Å². The maximum Gasteiger partial charge on any atom is 0.256 e. The number of carbonyl (C=O) groups excluding carboxylic acids is 2. The largest absolute Gasteiger partial charge is 0.334 e. The summed E-state index contributed by atoms with van der Waals surface area (Å²) in [7, 11) is 1.63. The van der Waals surface area contributed by atoms with Gasteiger partial charge in [-0.15, -0.1) is 0 Å². The van der Waals surface area contributed by atoms with Gasteiger partial charge in [-0.2, -0.15) is 0 Å². The van der Waals surface area contributed by atoms with Crippen molar-refractivity contribution in [3.63, 3.8) is 0 Å². The van der Waals surface area contributed by atoms with E-state index in [1.165, 1.54) is 4.90 Å². The van der Waals surface area contributed by atoms with E-state index in [0.717, 1.165) is 6.42 Å². The Morgan fingerprint density at radius 2 is 2.42 bits per heavy atom. The highest BCUT2D eigenvalue weighted by atomic mass is 16.2. The zero-order valence-electron chi connectivity index (χ0n) is 7.04. The lowest BCUT2D eigenvalue weighted by atomic mass is 10.0. The minimum absolute atomic E-state index is 0.00912. The van der Waals surface area contributed by atoms with E-state index < -0.39 is 0 Å². The number of hydrogen-bond acceptors (Lipinski definition) is 3. The molecule has 0 aromatic carbocycles. The number of carbonyl (C=O) groups is 2. The number of nitrogens with one attached hydrogen (secondary N) is 1. The predicted molar refractivity (Wildman–Crippen MR) is 42.7 cm³/mol. The average Bonchev–Trinajstić information content (AvgIpc) is 2.08. The monoisotopic (exact) mass is 171 g/mol. The lowest BCUT2D eigenvalue weighted by Gasteiger charge is -2.30. The fraction of sp³-hybridized carbons (Fsp3) is 0.714. The van der Waals surface area contributed by atoms with Crippen LogP contribution in [0.2, 0.25) is 0 Å². The summed E-state index contributed by atoms with van der Waals surface area (Å²) in [6.07, 6.45) is 2.00. The van der Waals surface area contributed by atoms with Gasteiger partial charge in [-0.3, -0.25) is 15.0 Å². The summed E-state index contributed by atoms with van der Waals surface area (Å²) in [4.78, 5) is 23.7. The highest BCUT2D eigenvalue weighted by Crippen LogP contribution is 2.15. The summed E-state index contributed by atoms with van der Waals surface area (Å²) in [5, 5.41) is 0. The fourth-order valence-electron chi connectivity index (χ4n) is 1.39. The van der Waals surface area contributed by atoms with Crippen molar-refractivity contribution < 1.29 is 9.59 Å². The molecular weight excluding hydrogens is 158 g/mol. The number of hydrazine groups is 1. The van der Waals surface area contributed by atoms with E-state index >= 15 is 0 Å². The van der Waals surface area contributed by atoms with Crippen molar-refractivity contribution in [3.8, 4) is 0 Å². The van der Waals surface area contributed by atoms with Crippen LogP contribution in [-0.4, -0.2) is 29.8 Å². The van der Waals surface area contributed by atoms with Crippen LogP contribution in [0.5, 0.6) is 0 Å². The van der Waals surface area contributed by atoms with Crippen LogP contribution in [-0.2, 0) is 9.59 Å². The second-order valence-corrected chi connectivity index (χ2v) is 2.92. The molecule has 1 rings (SSSR count). The first-order chi connectivity index (χ1) is 5.66. The Morgan fingerprint density at radius 1 is 1.75 bits per heavy atom. The Bertz CT molecular complexity index is 205. The summed E-state index contributed by atoms with van der Waals surface area (Å²) in [5.41, 5.74) is 2.05. The van der Waals surface area contributed by atoms with Crippen LogP contribution in [0.3, 0.4) is 0 Å². The molecule has 0 aromatic rings. The second-order valence-electron chi connectivity index (χ2n) is 2.92. The Morgan fingerprint density at radius 3 is 3.00 bits per heavy atom. The minimum Gasteiger partial charge on any atom is -0.334 e. The molecular formula is C7H13N3O2. The van der Waals surface area contributed by atoms with Crippen LogP contribution in [0.25, 0.3) is 0 Å². The number of hydrogen-bond donors (Lipinski definition) is 2. The first-order valence-electron chi connectivity index (χ1n) is 3.93. The molecule has 0 spiro atoms. The summed E-state index contributed by atoms with van der Waals surface area (Å²) in [6, 6.07) is -0.378. The average molecular weight is 171 g/mol. The molecule has 5 heteroatoms. The standard InChI is InChI=1S/C7H13N3O2/c1-10-5(7(12)9-8)3-2-4-6(10)11/h5H,2-4,8H2,1H3,(H,9,12). The highest BCUT2D eigenvalue weighted by molar-refractivity contribution is 5.88. The molecule has 1 aliphatic heterocycles. The topological polar surface area (TPSA) is 75.4 Å². The number of piperidine rings is 1. The van der Waals surface area contributed by atoms with Crippen molar-refractivity contribution in [1.82, 2.24) is 10.3 Å².